The minimum Gasteiger partial charge on any atom is -0.397 e. The monoisotopic (exact) mass is 396 g/mol. The van der Waals surface area contributed by atoms with Crippen LogP contribution in [0.25, 0.3) is 0 Å². The van der Waals surface area contributed by atoms with Crippen LogP contribution in [-0.4, -0.2) is 42.4 Å². The number of hydrogen-bond acceptors (Lipinski definition) is 4. The number of nitrogen functional groups attached to an aromatic ring is 1. The fourth-order valence-electron chi connectivity index (χ4n) is 3.12. The van der Waals surface area contributed by atoms with Gasteiger partial charge in [0, 0.05) is 17.2 Å². The first kappa shape index (κ1) is 22.4. The van der Waals surface area contributed by atoms with E-state index in [1.807, 2.05) is 19.1 Å². The number of nitrogens with two attached hydrogens (primary N) is 1. The molecule has 2 rings (SSSR count). The molecule has 2 aromatic rings. The van der Waals surface area contributed by atoms with Gasteiger partial charge in [0.2, 0.25) is 0 Å². The van der Waals surface area contributed by atoms with Gasteiger partial charge in [0.05, 0.1) is 11.4 Å². The summed E-state index contributed by atoms with van der Waals surface area (Å²) in [4.78, 5) is 27.2. The lowest BCUT2D eigenvalue weighted by atomic mass is 10.1. The maximum absolute atomic E-state index is 12.4. The minimum atomic E-state index is -0.264. The van der Waals surface area contributed by atoms with Crippen LogP contribution in [0.3, 0.4) is 0 Å². The zero-order chi connectivity index (χ0) is 21.2. The van der Waals surface area contributed by atoms with Crippen molar-refractivity contribution in [3.05, 3.63) is 59.7 Å². The van der Waals surface area contributed by atoms with Crippen molar-refractivity contribution in [3.63, 3.8) is 0 Å². The molecule has 0 bridgehead atoms. The van der Waals surface area contributed by atoms with Crippen LogP contribution in [0.1, 0.15) is 54.3 Å². The van der Waals surface area contributed by atoms with Gasteiger partial charge in [-0.05, 0) is 75.8 Å². The van der Waals surface area contributed by atoms with Gasteiger partial charge in [-0.25, -0.2) is 0 Å². The van der Waals surface area contributed by atoms with E-state index in [0.29, 0.717) is 22.5 Å². The van der Waals surface area contributed by atoms with Crippen LogP contribution in [0.2, 0.25) is 0 Å². The largest absolute Gasteiger partial charge is 0.397 e. The van der Waals surface area contributed by atoms with Gasteiger partial charge in [-0.3, -0.25) is 9.59 Å². The molecule has 156 valence electrons. The Hall–Kier alpha value is -2.86. The van der Waals surface area contributed by atoms with Gasteiger partial charge in [-0.2, -0.15) is 0 Å². The normalized spacial score (nSPS) is 11.9. The number of amides is 2. The SMILES string of the molecule is CCN(CC)CCCC(C)NC(=O)c1ccc(C(=O)Nc2ccccc2N)cc1. The smallest absolute Gasteiger partial charge is 0.255 e. The molecule has 0 aliphatic rings. The Morgan fingerprint density at radius 3 is 2.14 bits per heavy atom. The van der Waals surface area contributed by atoms with Crippen molar-refractivity contribution in [3.8, 4) is 0 Å². The summed E-state index contributed by atoms with van der Waals surface area (Å²) in [5, 5.41) is 5.81. The summed E-state index contributed by atoms with van der Waals surface area (Å²) in [5.41, 5.74) is 7.94. The number of para-hydroxylation sites is 2. The number of nitrogens with one attached hydrogen (secondary N) is 2. The lowest BCUT2D eigenvalue weighted by Crippen LogP contribution is -2.33. The first-order valence-electron chi connectivity index (χ1n) is 10.2. The molecule has 2 aromatic carbocycles. The number of carbonyl (C=O) groups excluding carboxylic acids is 2. The van der Waals surface area contributed by atoms with Crippen molar-refractivity contribution in [1.29, 1.82) is 0 Å². The Kier molecular flexibility index (Phi) is 8.68. The summed E-state index contributed by atoms with van der Waals surface area (Å²) in [7, 11) is 0. The third-order valence-corrected chi connectivity index (χ3v) is 5.00. The molecular weight excluding hydrogens is 364 g/mol. The summed E-state index contributed by atoms with van der Waals surface area (Å²) >= 11 is 0. The topological polar surface area (TPSA) is 87.5 Å². The molecule has 4 N–H and O–H groups in total. The molecule has 1 atom stereocenters. The molecule has 0 saturated carbocycles. The quantitative estimate of drug-likeness (QED) is 0.534. The average Bonchev–Trinajstić information content (AvgIpc) is 2.73. The molecule has 0 spiro atoms. The minimum absolute atomic E-state index is 0.0992. The zero-order valence-corrected chi connectivity index (χ0v) is 17.6. The molecule has 0 aromatic heterocycles. The number of hydrogen-bond donors (Lipinski definition) is 3. The van der Waals surface area contributed by atoms with E-state index in [0.717, 1.165) is 32.5 Å². The number of rotatable bonds is 10. The van der Waals surface area contributed by atoms with Gasteiger partial charge < -0.3 is 21.3 Å². The van der Waals surface area contributed by atoms with Crippen molar-refractivity contribution in [2.24, 2.45) is 0 Å². The Bertz CT molecular complexity index is 801. The highest BCUT2D eigenvalue weighted by Gasteiger charge is 2.12. The number of benzene rings is 2. The predicted octanol–water partition coefficient (Wildman–Crippen LogP) is 3.76. The lowest BCUT2D eigenvalue weighted by molar-refractivity contribution is 0.0935. The second kappa shape index (κ2) is 11.2. The molecule has 0 saturated heterocycles. The summed E-state index contributed by atoms with van der Waals surface area (Å²) in [6.07, 6.45) is 1.98. The molecule has 2 amide bonds. The predicted molar refractivity (Wildman–Crippen MR) is 119 cm³/mol. The average molecular weight is 397 g/mol. The van der Waals surface area contributed by atoms with Gasteiger partial charge in [-0.1, -0.05) is 26.0 Å². The van der Waals surface area contributed by atoms with E-state index in [9.17, 15) is 9.59 Å². The highest BCUT2D eigenvalue weighted by molar-refractivity contribution is 6.06. The number of nitrogens with zero attached hydrogens (tertiary/aromatic N) is 1. The third-order valence-electron chi connectivity index (χ3n) is 5.00. The summed E-state index contributed by atoms with van der Waals surface area (Å²) in [6.45, 7) is 9.48. The highest BCUT2D eigenvalue weighted by atomic mass is 16.2. The highest BCUT2D eigenvalue weighted by Crippen LogP contribution is 2.18. The van der Waals surface area contributed by atoms with E-state index in [4.69, 9.17) is 5.73 Å². The van der Waals surface area contributed by atoms with Crippen LogP contribution in [0.5, 0.6) is 0 Å². The first-order chi connectivity index (χ1) is 13.9. The van der Waals surface area contributed by atoms with Crippen LogP contribution in [0.4, 0.5) is 11.4 Å². The molecule has 29 heavy (non-hydrogen) atoms. The van der Waals surface area contributed by atoms with E-state index in [2.05, 4.69) is 29.4 Å². The van der Waals surface area contributed by atoms with Crippen LogP contribution >= 0.6 is 0 Å². The standard InChI is InChI=1S/C23H32N4O2/c1-4-27(5-2)16-8-9-17(3)25-22(28)18-12-14-19(15-13-18)23(29)26-21-11-7-6-10-20(21)24/h6-7,10-15,17H,4-5,8-9,16,24H2,1-3H3,(H,25,28)(H,26,29). The van der Waals surface area contributed by atoms with Crippen LogP contribution in [0, 0.1) is 0 Å². The van der Waals surface area contributed by atoms with Crippen LogP contribution < -0.4 is 16.4 Å². The van der Waals surface area contributed by atoms with Crippen molar-refractivity contribution in [1.82, 2.24) is 10.2 Å². The summed E-state index contributed by atoms with van der Waals surface area (Å²) < 4.78 is 0. The van der Waals surface area contributed by atoms with Crippen molar-refractivity contribution >= 4 is 23.2 Å². The van der Waals surface area contributed by atoms with Gasteiger partial charge in [0.15, 0.2) is 0 Å². The Morgan fingerprint density at radius 2 is 1.55 bits per heavy atom. The third kappa shape index (κ3) is 6.91. The molecule has 0 fully saturated rings. The molecule has 0 aliphatic carbocycles. The van der Waals surface area contributed by atoms with Crippen molar-refractivity contribution in [2.45, 2.75) is 39.7 Å². The molecule has 1 unspecified atom stereocenters. The van der Waals surface area contributed by atoms with E-state index < -0.39 is 0 Å². The van der Waals surface area contributed by atoms with Crippen LogP contribution in [-0.2, 0) is 0 Å². The number of carbonyl (C=O) groups is 2. The van der Waals surface area contributed by atoms with E-state index in [-0.39, 0.29) is 17.9 Å². The molecule has 6 heteroatoms. The first-order valence-corrected chi connectivity index (χ1v) is 10.2. The van der Waals surface area contributed by atoms with E-state index in [1.54, 1.807) is 36.4 Å². The maximum Gasteiger partial charge on any atom is 0.255 e. The Morgan fingerprint density at radius 1 is 0.966 bits per heavy atom. The summed E-state index contributed by atoms with van der Waals surface area (Å²) in [5.74, 6) is -0.390. The molecule has 0 heterocycles. The van der Waals surface area contributed by atoms with Gasteiger partial charge >= 0.3 is 0 Å². The van der Waals surface area contributed by atoms with Crippen molar-refractivity contribution in [2.75, 3.05) is 30.7 Å². The maximum atomic E-state index is 12.4. The fourth-order valence-corrected chi connectivity index (χ4v) is 3.12. The second-order valence-corrected chi connectivity index (χ2v) is 7.16. The Balaban J connectivity index is 1.86. The summed E-state index contributed by atoms with van der Waals surface area (Å²) in [6, 6.07) is 13.8. The van der Waals surface area contributed by atoms with Gasteiger partial charge in [0.25, 0.3) is 11.8 Å². The zero-order valence-electron chi connectivity index (χ0n) is 17.6. The van der Waals surface area contributed by atoms with Crippen molar-refractivity contribution < 1.29 is 9.59 Å². The molecule has 0 radical (unpaired) electrons. The number of anilines is 2. The second-order valence-electron chi connectivity index (χ2n) is 7.16. The Labute approximate surface area is 173 Å². The van der Waals surface area contributed by atoms with E-state index in [1.165, 1.54) is 0 Å². The van der Waals surface area contributed by atoms with E-state index >= 15 is 0 Å². The van der Waals surface area contributed by atoms with Gasteiger partial charge in [0.1, 0.15) is 0 Å². The van der Waals surface area contributed by atoms with Crippen LogP contribution in [0.15, 0.2) is 48.5 Å². The molecule has 6 nitrogen and oxygen atoms in total. The lowest BCUT2D eigenvalue weighted by Gasteiger charge is -2.19. The fraction of sp³-hybridized carbons (Fsp3) is 0.391. The molecule has 0 aliphatic heterocycles. The molecular formula is C23H32N4O2. The van der Waals surface area contributed by atoms with Gasteiger partial charge in [-0.15, -0.1) is 0 Å².